The second-order valence-electron chi connectivity index (χ2n) is 8.24. The molecule has 4 aromatic rings. The minimum atomic E-state index is -1.31. The van der Waals surface area contributed by atoms with Crippen molar-refractivity contribution in [3.05, 3.63) is 83.6 Å². The molecule has 0 amide bonds. The number of nitrogens with zero attached hydrogens (tertiary/aromatic N) is 3. The van der Waals surface area contributed by atoms with Crippen LogP contribution in [0.4, 0.5) is 15.8 Å². The summed E-state index contributed by atoms with van der Waals surface area (Å²) in [5.74, 6) is -0.963. The van der Waals surface area contributed by atoms with Gasteiger partial charge >= 0.3 is 5.97 Å². The maximum Gasteiger partial charge on any atom is 0.357 e. The number of rotatable bonds is 8. The van der Waals surface area contributed by atoms with Crippen molar-refractivity contribution in [3.63, 3.8) is 0 Å². The maximum absolute atomic E-state index is 14.7. The molecule has 0 aliphatic rings. The molecule has 0 aliphatic heterocycles. The van der Waals surface area contributed by atoms with Gasteiger partial charge in [0.2, 0.25) is 0 Å². The molecule has 9 heteroatoms. The summed E-state index contributed by atoms with van der Waals surface area (Å²) in [5.41, 5.74) is 3.30. The summed E-state index contributed by atoms with van der Waals surface area (Å²) in [5, 5.41) is 3.77. The highest BCUT2D eigenvalue weighted by molar-refractivity contribution is 7.82. The van der Waals surface area contributed by atoms with E-state index in [4.69, 9.17) is 4.74 Å². The molecule has 182 valence electrons. The number of aryl methyl sites for hydroxylation is 1. The van der Waals surface area contributed by atoms with Gasteiger partial charge in [0, 0.05) is 24.3 Å². The molecule has 0 fully saturated rings. The average Bonchev–Trinajstić information content (AvgIpc) is 3.13. The first-order valence-corrected chi connectivity index (χ1v) is 12.3. The summed E-state index contributed by atoms with van der Waals surface area (Å²) in [6.07, 6.45) is 3.28. The number of nitrogens with one attached hydrogen (secondary N) is 1. The van der Waals surface area contributed by atoms with Crippen LogP contribution < -0.4 is 5.32 Å². The van der Waals surface area contributed by atoms with Gasteiger partial charge in [0.15, 0.2) is 5.69 Å². The number of benzene rings is 2. The van der Waals surface area contributed by atoms with E-state index < -0.39 is 22.8 Å². The molecule has 0 bridgehead atoms. The number of fused-ring (bicyclic) bond motifs is 1. The van der Waals surface area contributed by atoms with Gasteiger partial charge in [-0.3, -0.25) is 4.98 Å². The summed E-state index contributed by atoms with van der Waals surface area (Å²) < 4.78 is 36.1. The van der Waals surface area contributed by atoms with Crippen LogP contribution in [0.15, 0.2) is 65.8 Å². The highest BCUT2D eigenvalue weighted by Crippen LogP contribution is 2.35. The number of halogens is 1. The number of hydrogen-bond donors (Lipinski definition) is 1. The number of anilines is 2. The normalized spacial score (nSPS) is 12.2. The monoisotopic (exact) mass is 494 g/mol. The zero-order valence-corrected chi connectivity index (χ0v) is 20.9. The number of aromatic nitrogens is 2. The Kier molecular flexibility index (Phi) is 7.28. The fraction of sp³-hybridized carbons (Fsp3) is 0.231. The Morgan fingerprint density at radius 2 is 2.00 bits per heavy atom. The van der Waals surface area contributed by atoms with Crippen molar-refractivity contribution in [3.8, 4) is 0 Å². The summed E-state index contributed by atoms with van der Waals surface area (Å²) in [6, 6.07) is 14.1. The predicted octanol–water partition coefficient (Wildman–Crippen LogP) is 5.04. The molecule has 0 saturated heterocycles. The Labute approximate surface area is 206 Å². The van der Waals surface area contributed by atoms with E-state index in [0.29, 0.717) is 22.5 Å². The first-order valence-electron chi connectivity index (χ1n) is 11.1. The van der Waals surface area contributed by atoms with E-state index in [2.05, 4.69) is 10.3 Å². The van der Waals surface area contributed by atoms with E-state index in [9.17, 15) is 13.4 Å². The second kappa shape index (κ2) is 10.4. The summed E-state index contributed by atoms with van der Waals surface area (Å²) in [6.45, 7) is 4.04. The Hall–Kier alpha value is -3.56. The van der Waals surface area contributed by atoms with Crippen molar-refractivity contribution in [2.45, 2.75) is 25.3 Å². The van der Waals surface area contributed by atoms with Crippen LogP contribution in [0.5, 0.6) is 0 Å². The van der Waals surface area contributed by atoms with Gasteiger partial charge < -0.3 is 14.6 Å². The van der Waals surface area contributed by atoms with Crippen LogP contribution in [-0.4, -0.2) is 44.7 Å². The van der Waals surface area contributed by atoms with E-state index in [-0.39, 0.29) is 18.0 Å². The van der Waals surface area contributed by atoms with Gasteiger partial charge in [0.05, 0.1) is 28.4 Å². The lowest BCUT2D eigenvalue weighted by Gasteiger charge is -2.14. The van der Waals surface area contributed by atoms with Crippen molar-refractivity contribution >= 4 is 39.2 Å². The number of ether oxygens (including phenoxy) is 1. The van der Waals surface area contributed by atoms with Crippen molar-refractivity contribution in [2.24, 2.45) is 0 Å². The Balaban J connectivity index is 1.87. The topological polar surface area (TPSA) is 76.5 Å². The largest absolute Gasteiger partial charge is 0.461 e. The van der Waals surface area contributed by atoms with Crippen molar-refractivity contribution in [1.82, 2.24) is 13.9 Å². The number of carbonyl (C=O) groups is 1. The molecular formula is C26H27FN4O3S. The number of hydrogen-bond acceptors (Lipinski definition) is 5. The first-order chi connectivity index (χ1) is 16.8. The third-order valence-corrected chi connectivity index (χ3v) is 6.81. The van der Waals surface area contributed by atoms with Gasteiger partial charge in [-0.15, -0.1) is 0 Å². The average molecular weight is 495 g/mol. The standard InChI is InChI=1S/C26H27FN4O3S/c1-5-34-26(32)25-24(29-22-10-9-17(2)13-21(22)27)20-15-28-12-11-23(20)31(25)16-18-7-6-8-19(14-18)35(33)30(3)4/h6-15,29H,5,16H2,1-4H3. The van der Waals surface area contributed by atoms with E-state index in [1.54, 1.807) is 62.0 Å². The lowest BCUT2D eigenvalue weighted by Crippen LogP contribution is -2.16. The molecule has 1 N–H and O–H groups in total. The molecule has 35 heavy (non-hydrogen) atoms. The van der Waals surface area contributed by atoms with Gasteiger partial charge in [-0.25, -0.2) is 17.7 Å². The number of carbonyl (C=O) groups excluding carboxylic acids is 1. The number of esters is 1. The minimum Gasteiger partial charge on any atom is -0.461 e. The molecule has 2 aromatic carbocycles. The molecule has 4 rings (SSSR count). The van der Waals surface area contributed by atoms with Gasteiger partial charge in [-0.2, -0.15) is 0 Å². The summed E-state index contributed by atoms with van der Waals surface area (Å²) in [7, 11) is 2.19. The van der Waals surface area contributed by atoms with Crippen molar-refractivity contribution < 1.29 is 18.1 Å². The SMILES string of the molecule is CCOC(=O)c1c(Nc2ccc(C)cc2F)c2cnccc2n1Cc1cccc(S(=O)N(C)C)c1. The third-order valence-electron chi connectivity index (χ3n) is 5.49. The lowest BCUT2D eigenvalue weighted by molar-refractivity contribution is 0.0516. The molecule has 0 aliphatic carbocycles. The van der Waals surface area contributed by atoms with Gasteiger partial charge in [-0.05, 0) is 69.4 Å². The summed E-state index contributed by atoms with van der Waals surface area (Å²) in [4.78, 5) is 18.1. The van der Waals surface area contributed by atoms with Crippen LogP contribution >= 0.6 is 0 Å². The predicted molar refractivity (Wildman–Crippen MR) is 136 cm³/mol. The van der Waals surface area contributed by atoms with Crippen molar-refractivity contribution in [2.75, 3.05) is 26.0 Å². The Morgan fingerprint density at radius 1 is 1.20 bits per heavy atom. The zero-order chi connectivity index (χ0) is 25.1. The minimum absolute atomic E-state index is 0.189. The number of pyridine rings is 1. The fourth-order valence-electron chi connectivity index (χ4n) is 3.90. The molecule has 1 unspecified atom stereocenters. The lowest BCUT2D eigenvalue weighted by atomic mass is 10.2. The van der Waals surface area contributed by atoms with Crippen LogP contribution in [-0.2, 0) is 22.3 Å². The highest BCUT2D eigenvalue weighted by atomic mass is 32.2. The highest BCUT2D eigenvalue weighted by Gasteiger charge is 2.25. The van der Waals surface area contributed by atoms with E-state index in [1.165, 1.54) is 6.07 Å². The van der Waals surface area contributed by atoms with Gasteiger partial charge in [0.25, 0.3) is 0 Å². The smallest absolute Gasteiger partial charge is 0.357 e. The summed E-state index contributed by atoms with van der Waals surface area (Å²) >= 11 is 0. The van der Waals surface area contributed by atoms with Crippen LogP contribution in [0, 0.1) is 12.7 Å². The molecule has 0 radical (unpaired) electrons. The maximum atomic E-state index is 14.7. The van der Waals surface area contributed by atoms with Crippen molar-refractivity contribution in [1.29, 1.82) is 0 Å². The van der Waals surface area contributed by atoms with Gasteiger partial charge in [-0.1, -0.05) is 18.2 Å². The first kappa shape index (κ1) is 24.6. The van der Waals surface area contributed by atoms with E-state index in [0.717, 1.165) is 16.6 Å². The van der Waals surface area contributed by atoms with Crippen LogP contribution in [0.1, 0.15) is 28.5 Å². The molecule has 0 spiro atoms. The molecule has 2 aromatic heterocycles. The third kappa shape index (κ3) is 5.11. The molecule has 1 atom stereocenters. The molecular weight excluding hydrogens is 467 g/mol. The van der Waals surface area contributed by atoms with Crippen LogP contribution in [0.2, 0.25) is 0 Å². The quantitative estimate of drug-likeness (QED) is 0.348. The molecule has 0 saturated carbocycles. The Bertz CT molecular complexity index is 1420. The van der Waals surface area contributed by atoms with Crippen LogP contribution in [0.3, 0.4) is 0 Å². The van der Waals surface area contributed by atoms with E-state index in [1.807, 2.05) is 29.7 Å². The fourth-order valence-corrected chi connectivity index (χ4v) is 4.77. The zero-order valence-electron chi connectivity index (χ0n) is 20.0. The van der Waals surface area contributed by atoms with Gasteiger partial charge in [0.1, 0.15) is 16.8 Å². The molecule has 7 nitrogen and oxygen atoms in total. The molecule has 2 heterocycles. The van der Waals surface area contributed by atoms with Crippen LogP contribution in [0.25, 0.3) is 10.9 Å². The Morgan fingerprint density at radius 3 is 2.71 bits per heavy atom. The second-order valence-corrected chi connectivity index (χ2v) is 9.94. The van der Waals surface area contributed by atoms with E-state index >= 15 is 0 Å².